The molecule has 4 aliphatic rings. The zero-order valence-electron chi connectivity index (χ0n) is 10.8. The minimum Gasteiger partial charge on any atom is -0.378 e. The number of methoxy groups -OCH3 is 1. The highest BCUT2D eigenvalue weighted by molar-refractivity contribution is 4.94. The van der Waals surface area contributed by atoms with Crippen LogP contribution in [0.15, 0.2) is 0 Å². The molecule has 4 heteroatoms. The van der Waals surface area contributed by atoms with Gasteiger partial charge in [-0.1, -0.05) is 0 Å². The van der Waals surface area contributed by atoms with Crippen LogP contribution in [0, 0.1) is 5.92 Å². The molecule has 2 bridgehead atoms. The molecule has 4 aliphatic heterocycles. The van der Waals surface area contributed by atoms with Crippen LogP contribution in [-0.4, -0.2) is 63.0 Å². The second kappa shape index (κ2) is 4.84. The third-order valence-electron chi connectivity index (χ3n) is 4.84. The first kappa shape index (κ1) is 11.9. The van der Waals surface area contributed by atoms with Gasteiger partial charge in [-0.2, -0.15) is 0 Å². The van der Waals surface area contributed by atoms with Gasteiger partial charge < -0.3 is 19.7 Å². The number of hydrogen-bond acceptors (Lipinski definition) is 4. The van der Waals surface area contributed by atoms with Crippen LogP contribution in [0.5, 0.6) is 0 Å². The second-order valence-electron chi connectivity index (χ2n) is 5.82. The maximum absolute atomic E-state index is 5.67. The molecular formula is C13H24N2O2. The van der Waals surface area contributed by atoms with Crippen LogP contribution < -0.4 is 5.32 Å². The van der Waals surface area contributed by atoms with Crippen molar-refractivity contribution in [1.29, 1.82) is 0 Å². The van der Waals surface area contributed by atoms with Gasteiger partial charge in [-0.15, -0.1) is 0 Å². The zero-order valence-corrected chi connectivity index (χ0v) is 10.8. The largest absolute Gasteiger partial charge is 0.378 e. The van der Waals surface area contributed by atoms with Crippen LogP contribution in [0.1, 0.15) is 19.3 Å². The van der Waals surface area contributed by atoms with Gasteiger partial charge >= 0.3 is 0 Å². The first-order chi connectivity index (χ1) is 8.31. The summed E-state index contributed by atoms with van der Waals surface area (Å²) in [6, 6.07) is 0.671. The molecule has 0 saturated carbocycles. The molecule has 17 heavy (non-hydrogen) atoms. The fourth-order valence-corrected chi connectivity index (χ4v) is 3.47. The van der Waals surface area contributed by atoms with Crippen molar-refractivity contribution >= 4 is 0 Å². The van der Waals surface area contributed by atoms with Gasteiger partial charge in [-0.3, -0.25) is 0 Å². The van der Waals surface area contributed by atoms with Crippen molar-refractivity contribution in [2.75, 3.05) is 46.5 Å². The summed E-state index contributed by atoms with van der Waals surface area (Å²) < 4.78 is 11.1. The number of hydrogen-bond donors (Lipinski definition) is 1. The Hall–Kier alpha value is -0.160. The number of ether oxygens (including phenoxy) is 2. The number of fused-ring (bicyclic) bond motifs is 3. The Morgan fingerprint density at radius 3 is 2.76 bits per heavy atom. The summed E-state index contributed by atoms with van der Waals surface area (Å²) in [6.07, 6.45) is 3.76. The molecule has 0 amide bonds. The molecule has 0 aromatic carbocycles. The van der Waals surface area contributed by atoms with Crippen LogP contribution >= 0.6 is 0 Å². The molecule has 0 aliphatic carbocycles. The lowest BCUT2D eigenvalue weighted by molar-refractivity contribution is -0.0246. The highest BCUT2D eigenvalue weighted by Gasteiger charge is 2.38. The maximum Gasteiger partial charge on any atom is 0.106 e. The molecule has 4 rings (SSSR count). The molecule has 2 unspecified atom stereocenters. The Kier molecular flexibility index (Phi) is 3.39. The first-order valence-electron chi connectivity index (χ1n) is 6.90. The zero-order chi connectivity index (χ0) is 11.7. The molecule has 4 heterocycles. The highest BCUT2D eigenvalue weighted by atomic mass is 16.5. The number of nitrogens with zero attached hydrogens (tertiary/aromatic N) is 1. The maximum atomic E-state index is 5.67. The molecule has 98 valence electrons. The van der Waals surface area contributed by atoms with Gasteiger partial charge in [0.1, 0.15) is 5.60 Å². The van der Waals surface area contributed by atoms with Gasteiger partial charge in [-0.25, -0.2) is 0 Å². The topological polar surface area (TPSA) is 33.7 Å². The van der Waals surface area contributed by atoms with E-state index in [-0.39, 0.29) is 5.60 Å². The SMILES string of the molecule is COC1(CNC2CN3CCC2CC3)CCOC1. The Morgan fingerprint density at radius 2 is 2.24 bits per heavy atom. The van der Waals surface area contributed by atoms with Crippen molar-refractivity contribution in [2.45, 2.75) is 30.9 Å². The lowest BCUT2D eigenvalue weighted by Crippen LogP contribution is -2.58. The van der Waals surface area contributed by atoms with Gasteiger partial charge in [0, 0.05) is 39.3 Å². The average molecular weight is 240 g/mol. The molecule has 0 spiro atoms. The van der Waals surface area contributed by atoms with E-state index in [1.54, 1.807) is 0 Å². The number of piperidine rings is 3. The summed E-state index contributed by atoms with van der Waals surface area (Å²) in [7, 11) is 1.81. The van der Waals surface area contributed by atoms with Gasteiger partial charge in [0.05, 0.1) is 6.61 Å². The molecule has 0 aromatic rings. The minimum absolute atomic E-state index is 0.0635. The van der Waals surface area contributed by atoms with E-state index in [2.05, 4.69) is 10.2 Å². The Bertz CT molecular complexity index is 258. The van der Waals surface area contributed by atoms with Crippen molar-refractivity contribution in [3.05, 3.63) is 0 Å². The van der Waals surface area contributed by atoms with E-state index >= 15 is 0 Å². The lowest BCUT2D eigenvalue weighted by atomic mass is 9.83. The lowest BCUT2D eigenvalue weighted by Gasteiger charge is -2.46. The summed E-state index contributed by atoms with van der Waals surface area (Å²) >= 11 is 0. The van der Waals surface area contributed by atoms with Crippen LogP contribution in [-0.2, 0) is 9.47 Å². The van der Waals surface area contributed by atoms with Crippen molar-refractivity contribution in [1.82, 2.24) is 10.2 Å². The summed E-state index contributed by atoms with van der Waals surface area (Å²) in [6.45, 7) is 6.37. The average Bonchev–Trinajstić information content (AvgIpc) is 2.87. The third-order valence-corrected chi connectivity index (χ3v) is 4.84. The monoisotopic (exact) mass is 240 g/mol. The fraction of sp³-hybridized carbons (Fsp3) is 1.00. The second-order valence-corrected chi connectivity index (χ2v) is 5.82. The third kappa shape index (κ3) is 2.36. The predicted molar refractivity (Wildman–Crippen MR) is 66.1 cm³/mol. The van der Waals surface area contributed by atoms with E-state index in [0.29, 0.717) is 6.04 Å². The molecule has 2 atom stereocenters. The summed E-state index contributed by atoms with van der Waals surface area (Å²) in [4.78, 5) is 2.59. The van der Waals surface area contributed by atoms with Crippen LogP contribution in [0.2, 0.25) is 0 Å². The van der Waals surface area contributed by atoms with Crippen molar-refractivity contribution in [2.24, 2.45) is 5.92 Å². The van der Waals surface area contributed by atoms with E-state index < -0.39 is 0 Å². The van der Waals surface area contributed by atoms with E-state index in [0.717, 1.165) is 32.1 Å². The van der Waals surface area contributed by atoms with E-state index in [1.165, 1.54) is 32.5 Å². The van der Waals surface area contributed by atoms with Gasteiger partial charge in [0.15, 0.2) is 0 Å². The molecule has 4 nitrogen and oxygen atoms in total. The van der Waals surface area contributed by atoms with Gasteiger partial charge in [-0.05, 0) is 31.8 Å². The number of nitrogens with one attached hydrogen (secondary N) is 1. The van der Waals surface area contributed by atoms with Crippen LogP contribution in [0.4, 0.5) is 0 Å². The van der Waals surface area contributed by atoms with Crippen LogP contribution in [0.25, 0.3) is 0 Å². The quantitative estimate of drug-likeness (QED) is 0.775. The van der Waals surface area contributed by atoms with Gasteiger partial charge in [0.2, 0.25) is 0 Å². The van der Waals surface area contributed by atoms with Crippen molar-refractivity contribution < 1.29 is 9.47 Å². The summed E-state index contributed by atoms with van der Waals surface area (Å²) in [5.74, 6) is 0.885. The predicted octanol–water partition coefficient (Wildman–Crippen LogP) is 0.476. The molecule has 0 aromatic heterocycles. The smallest absolute Gasteiger partial charge is 0.106 e. The number of rotatable bonds is 4. The molecule has 1 N–H and O–H groups in total. The summed E-state index contributed by atoms with van der Waals surface area (Å²) in [5, 5.41) is 3.74. The first-order valence-corrected chi connectivity index (χ1v) is 6.90. The normalized spacial score (nSPS) is 45.4. The van der Waals surface area contributed by atoms with Crippen LogP contribution in [0.3, 0.4) is 0 Å². The van der Waals surface area contributed by atoms with E-state index in [4.69, 9.17) is 9.47 Å². The van der Waals surface area contributed by atoms with Gasteiger partial charge in [0.25, 0.3) is 0 Å². The Morgan fingerprint density at radius 1 is 1.41 bits per heavy atom. The minimum atomic E-state index is -0.0635. The molecular weight excluding hydrogens is 216 g/mol. The Balaban J connectivity index is 1.53. The molecule has 4 saturated heterocycles. The van der Waals surface area contributed by atoms with E-state index in [1.807, 2.05) is 7.11 Å². The molecule has 0 radical (unpaired) electrons. The standard InChI is InChI=1S/C13H24N2O2/c1-16-13(4-7-17-10-13)9-14-12-8-15-5-2-11(12)3-6-15/h11-12,14H,2-10H2,1H3. The van der Waals surface area contributed by atoms with E-state index in [9.17, 15) is 0 Å². The highest BCUT2D eigenvalue weighted by Crippen LogP contribution is 2.28. The Labute approximate surface area is 104 Å². The summed E-state index contributed by atoms with van der Waals surface area (Å²) in [5.41, 5.74) is -0.0635. The van der Waals surface area contributed by atoms with Crippen molar-refractivity contribution in [3.8, 4) is 0 Å². The van der Waals surface area contributed by atoms with Crippen molar-refractivity contribution in [3.63, 3.8) is 0 Å². The molecule has 4 fully saturated rings. The fourth-order valence-electron chi connectivity index (χ4n) is 3.47.